The number of benzene rings is 1. The van der Waals surface area contributed by atoms with Crippen molar-refractivity contribution in [3.05, 3.63) is 45.9 Å². The van der Waals surface area contributed by atoms with E-state index in [9.17, 15) is 0 Å². The maximum Gasteiger partial charge on any atom is 0.122 e. The average Bonchev–Trinajstić information content (AvgIpc) is 2.84. The molecule has 0 aliphatic heterocycles. The zero-order valence-corrected chi connectivity index (χ0v) is 11.2. The Kier molecular flexibility index (Phi) is 4.73. The molecule has 0 amide bonds. The topological polar surface area (TPSA) is 42.4 Å². The van der Waals surface area contributed by atoms with Gasteiger partial charge in [-0.05, 0) is 18.9 Å². The summed E-state index contributed by atoms with van der Waals surface area (Å²) in [5, 5.41) is 12.0. The molecule has 0 unspecified atom stereocenters. The lowest BCUT2D eigenvalue weighted by atomic mass is 10.1. The fourth-order valence-electron chi connectivity index (χ4n) is 1.82. The number of methoxy groups -OCH3 is 1. The molecule has 0 bridgehead atoms. The molecule has 0 atom stereocenters. The molecule has 0 radical (unpaired) electrons. The highest BCUT2D eigenvalue weighted by atomic mass is 32.1. The van der Waals surface area contributed by atoms with Gasteiger partial charge >= 0.3 is 0 Å². The van der Waals surface area contributed by atoms with Gasteiger partial charge in [0.05, 0.1) is 17.8 Å². The summed E-state index contributed by atoms with van der Waals surface area (Å²) in [6, 6.07) is 8.01. The van der Waals surface area contributed by atoms with Crippen molar-refractivity contribution in [2.45, 2.75) is 19.3 Å². The number of nitrogens with zero attached hydrogens (tertiary/aromatic N) is 1. The third-order valence-electron chi connectivity index (χ3n) is 2.72. The van der Waals surface area contributed by atoms with Crippen LogP contribution in [-0.2, 0) is 12.8 Å². The van der Waals surface area contributed by atoms with Crippen LogP contribution in [-0.4, -0.2) is 23.8 Å². The largest absolute Gasteiger partial charge is 0.496 e. The van der Waals surface area contributed by atoms with E-state index in [2.05, 4.69) is 16.4 Å². The standard InChI is InChI=1S/C14H17NO2S/c1-17-13-7-3-2-5-11(13)9-14-15-12(10-18-14)6-4-8-16/h2-3,5,7,10,16H,4,6,8-9H2,1H3. The van der Waals surface area contributed by atoms with Gasteiger partial charge in [0.15, 0.2) is 0 Å². The maximum atomic E-state index is 8.80. The first kappa shape index (κ1) is 13.1. The number of aliphatic hydroxyl groups excluding tert-OH is 1. The minimum absolute atomic E-state index is 0.222. The van der Waals surface area contributed by atoms with Crippen LogP contribution < -0.4 is 4.74 Å². The Morgan fingerprint density at radius 2 is 2.17 bits per heavy atom. The first-order valence-electron chi connectivity index (χ1n) is 5.99. The van der Waals surface area contributed by atoms with Crippen molar-refractivity contribution in [2.75, 3.05) is 13.7 Å². The molecule has 0 saturated heterocycles. The second kappa shape index (κ2) is 6.52. The molecule has 96 valence electrons. The molecule has 0 saturated carbocycles. The number of aromatic nitrogens is 1. The van der Waals surface area contributed by atoms with Crippen LogP contribution in [0, 0.1) is 0 Å². The van der Waals surface area contributed by atoms with E-state index in [1.165, 1.54) is 0 Å². The van der Waals surface area contributed by atoms with Crippen LogP contribution in [0.4, 0.5) is 0 Å². The highest BCUT2D eigenvalue weighted by Crippen LogP contribution is 2.22. The monoisotopic (exact) mass is 263 g/mol. The van der Waals surface area contributed by atoms with Crippen LogP contribution in [0.15, 0.2) is 29.6 Å². The molecule has 1 N–H and O–H groups in total. The predicted molar refractivity (Wildman–Crippen MR) is 73.3 cm³/mol. The highest BCUT2D eigenvalue weighted by molar-refractivity contribution is 7.09. The normalized spacial score (nSPS) is 10.6. The molecule has 1 heterocycles. The summed E-state index contributed by atoms with van der Waals surface area (Å²) < 4.78 is 5.33. The molecule has 0 aliphatic rings. The Morgan fingerprint density at radius 3 is 2.94 bits per heavy atom. The van der Waals surface area contributed by atoms with E-state index in [1.807, 2.05) is 18.2 Å². The van der Waals surface area contributed by atoms with Gasteiger partial charge in [0, 0.05) is 24.0 Å². The van der Waals surface area contributed by atoms with Gasteiger partial charge in [0.2, 0.25) is 0 Å². The Hall–Kier alpha value is -1.39. The Bertz CT molecular complexity index is 496. The number of ether oxygens (including phenoxy) is 1. The summed E-state index contributed by atoms with van der Waals surface area (Å²) in [7, 11) is 1.69. The van der Waals surface area contributed by atoms with E-state index in [0.717, 1.165) is 41.3 Å². The molecular weight excluding hydrogens is 246 g/mol. The van der Waals surface area contributed by atoms with Crippen LogP contribution in [0.2, 0.25) is 0 Å². The van der Waals surface area contributed by atoms with Crippen molar-refractivity contribution < 1.29 is 9.84 Å². The Labute approximate surface area is 111 Å². The number of thiazole rings is 1. The van der Waals surface area contributed by atoms with Gasteiger partial charge in [-0.25, -0.2) is 4.98 Å². The molecule has 0 spiro atoms. The van der Waals surface area contributed by atoms with Crippen molar-refractivity contribution in [3.63, 3.8) is 0 Å². The number of aliphatic hydroxyl groups is 1. The van der Waals surface area contributed by atoms with Gasteiger partial charge in [-0.1, -0.05) is 18.2 Å². The predicted octanol–water partition coefficient (Wildman–Crippen LogP) is 2.67. The van der Waals surface area contributed by atoms with E-state index < -0.39 is 0 Å². The number of para-hydroxylation sites is 1. The van der Waals surface area contributed by atoms with Crippen molar-refractivity contribution >= 4 is 11.3 Å². The lowest BCUT2D eigenvalue weighted by Crippen LogP contribution is -1.94. The summed E-state index contributed by atoms with van der Waals surface area (Å²) in [6.07, 6.45) is 2.42. The average molecular weight is 263 g/mol. The minimum atomic E-state index is 0.222. The lowest BCUT2D eigenvalue weighted by molar-refractivity contribution is 0.288. The van der Waals surface area contributed by atoms with Crippen LogP contribution in [0.25, 0.3) is 0 Å². The van der Waals surface area contributed by atoms with Gasteiger partial charge in [0.1, 0.15) is 5.75 Å². The van der Waals surface area contributed by atoms with E-state index in [0.29, 0.717) is 0 Å². The van der Waals surface area contributed by atoms with E-state index in [-0.39, 0.29) is 6.61 Å². The van der Waals surface area contributed by atoms with Gasteiger partial charge in [-0.3, -0.25) is 0 Å². The lowest BCUT2D eigenvalue weighted by Gasteiger charge is -2.05. The van der Waals surface area contributed by atoms with Gasteiger partial charge in [-0.15, -0.1) is 11.3 Å². The third-order valence-corrected chi connectivity index (χ3v) is 3.62. The van der Waals surface area contributed by atoms with E-state index in [1.54, 1.807) is 18.4 Å². The van der Waals surface area contributed by atoms with Gasteiger partial charge in [-0.2, -0.15) is 0 Å². The number of hydrogen-bond acceptors (Lipinski definition) is 4. The summed E-state index contributed by atoms with van der Waals surface area (Å²) in [5.74, 6) is 0.907. The van der Waals surface area contributed by atoms with Gasteiger partial charge in [0.25, 0.3) is 0 Å². The van der Waals surface area contributed by atoms with Crippen LogP contribution in [0.5, 0.6) is 5.75 Å². The van der Waals surface area contributed by atoms with Gasteiger partial charge < -0.3 is 9.84 Å². The van der Waals surface area contributed by atoms with Crippen molar-refractivity contribution in [2.24, 2.45) is 0 Å². The van der Waals surface area contributed by atoms with Crippen LogP contribution >= 0.6 is 11.3 Å². The number of hydrogen-bond donors (Lipinski definition) is 1. The first-order chi connectivity index (χ1) is 8.83. The molecule has 2 aromatic rings. The molecule has 3 nitrogen and oxygen atoms in total. The molecule has 18 heavy (non-hydrogen) atoms. The van der Waals surface area contributed by atoms with E-state index >= 15 is 0 Å². The number of aryl methyl sites for hydroxylation is 1. The summed E-state index contributed by atoms with van der Waals surface area (Å²) >= 11 is 1.67. The van der Waals surface area contributed by atoms with E-state index in [4.69, 9.17) is 9.84 Å². The molecule has 1 aromatic heterocycles. The summed E-state index contributed by atoms with van der Waals surface area (Å²) in [4.78, 5) is 4.57. The quantitative estimate of drug-likeness (QED) is 0.871. The Morgan fingerprint density at radius 1 is 1.33 bits per heavy atom. The van der Waals surface area contributed by atoms with Crippen LogP contribution in [0.3, 0.4) is 0 Å². The number of rotatable bonds is 6. The first-order valence-corrected chi connectivity index (χ1v) is 6.87. The molecule has 4 heteroatoms. The minimum Gasteiger partial charge on any atom is -0.496 e. The fraction of sp³-hybridized carbons (Fsp3) is 0.357. The van der Waals surface area contributed by atoms with Crippen LogP contribution in [0.1, 0.15) is 22.7 Å². The van der Waals surface area contributed by atoms with Crippen molar-refractivity contribution in [3.8, 4) is 5.75 Å². The maximum absolute atomic E-state index is 8.80. The smallest absolute Gasteiger partial charge is 0.122 e. The second-order valence-corrected chi connectivity index (χ2v) is 4.99. The molecule has 1 aromatic carbocycles. The third kappa shape index (κ3) is 3.31. The highest BCUT2D eigenvalue weighted by Gasteiger charge is 2.07. The summed E-state index contributed by atoms with van der Waals surface area (Å²) in [5.41, 5.74) is 2.22. The zero-order valence-electron chi connectivity index (χ0n) is 10.4. The molecular formula is C14H17NO2S. The fourth-order valence-corrected chi connectivity index (χ4v) is 2.67. The molecule has 0 aliphatic carbocycles. The van der Waals surface area contributed by atoms with Crippen molar-refractivity contribution in [1.29, 1.82) is 0 Å². The molecule has 0 fully saturated rings. The second-order valence-electron chi connectivity index (χ2n) is 4.05. The SMILES string of the molecule is COc1ccccc1Cc1nc(CCCO)cs1. The molecule has 2 rings (SSSR count). The Balaban J connectivity index is 2.06. The van der Waals surface area contributed by atoms with Crippen molar-refractivity contribution in [1.82, 2.24) is 4.98 Å². The zero-order chi connectivity index (χ0) is 12.8. The summed E-state index contributed by atoms with van der Waals surface area (Å²) in [6.45, 7) is 0.222.